The van der Waals surface area contributed by atoms with Crippen molar-refractivity contribution in [2.24, 2.45) is 0 Å². The fourth-order valence-electron chi connectivity index (χ4n) is 2.92. The van der Waals surface area contributed by atoms with Crippen LogP contribution in [-0.4, -0.2) is 15.7 Å². The molecule has 1 N–H and O–H groups in total. The standard InChI is InChI=1S/C23H15F4N3O2/c24-18-12-11-17(32-16-9-5-2-6-10-16)13-19(18)28-22(31)20-14-21(23(25,26)27)29-30(20)15-7-3-1-4-8-15/h1-14H,(H,28,31). The van der Waals surface area contributed by atoms with Crippen LogP contribution in [0.5, 0.6) is 11.5 Å². The largest absolute Gasteiger partial charge is 0.457 e. The van der Waals surface area contributed by atoms with Crippen molar-refractivity contribution in [3.05, 3.63) is 102 Å². The molecule has 0 aliphatic heterocycles. The molecule has 0 radical (unpaired) electrons. The van der Waals surface area contributed by atoms with Gasteiger partial charge in [-0.3, -0.25) is 4.79 Å². The van der Waals surface area contributed by atoms with Crippen LogP contribution in [0.2, 0.25) is 0 Å². The molecule has 3 aromatic carbocycles. The number of carbonyl (C=O) groups excluding carboxylic acids is 1. The number of benzene rings is 3. The zero-order valence-electron chi connectivity index (χ0n) is 16.3. The van der Waals surface area contributed by atoms with Crippen molar-refractivity contribution in [3.8, 4) is 17.2 Å². The lowest BCUT2D eigenvalue weighted by molar-refractivity contribution is -0.141. The second-order valence-electron chi connectivity index (χ2n) is 6.67. The van der Waals surface area contributed by atoms with Gasteiger partial charge in [0, 0.05) is 12.1 Å². The monoisotopic (exact) mass is 441 g/mol. The first-order valence-electron chi connectivity index (χ1n) is 9.38. The Morgan fingerprint density at radius 2 is 1.53 bits per heavy atom. The first-order chi connectivity index (χ1) is 15.3. The Morgan fingerprint density at radius 1 is 0.875 bits per heavy atom. The molecule has 0 saturated carbocycles. The number of halogens is 4. The third-order valence-corrected chi connectivity index (χ3v) is 4.40. The van der Waals surface area contributed by atoms with E-state index >= 15 is 0 Å². The highest BCUT2D eigenvalue weighted by atomic mass is 19.4. The van der Waals surface area contributed by atoms with Gasteiger partial charge in [-0.2, -0.15) is 18.3 Å². The van der Waals surface area contributed by atoms with Crippen LogP contribution >= 0.6 is 0 Å². The van der Waals surface area contributed by atoms with Crippen molar-refractivity contribution in [1.29, 1.82) is 0 Å². The summed E-state index contributed by atoms with van der Waals surface area (Å²) < 4.78 is 60.5. The maximum absolute atomic E-state index is 14.3. The minimum atomic E-state index is -4.76. The molecule has 0 aliphatic rings. The van der Waals surface area contributed by atoms with Crippen molar-refractivity contribution in [2.45, 2.75) is 6.18 Å². The zero-order valence-corrected chi connectivity index (χ0v) is 16.3. The number of para-hydroxylation sites is 2. The van der Waals surface area contributed by atoms with Crippen LogP contribution < -0.4 is 10.1 Å². The van der Waals surface area contributed by atoms with E-state index in [-0.39, 0.29) is 17.1 Å². The molecule has 1 amide bonds. The molecule has 4 rings (SSSR count). The molecule has 0 fully saturated rings. The van der Waals surface area contributed by atoms with Crippen LogP contribution in [0.3, 0.4) is 0 Å². The number of carbonyl (C=O) groups is 1. The fraction of sp³-hybridized carbons (Fsp3) is 0.0435. The summed E-state index contributed by atoms with van der Waals surface area (Å²) in [4.78, 5) is 12.8. The molecule has 162 valence electrons. The molecule has 0 bridgehead atoms. The van der Waals surface area contributed by atoms with Crippen LogP contribution in [0.1, 0.15) is 16.2 Å². The van der Waals surface area contributed by atoms with Crippen molar-refractivity contribution in [2.75, 3.05) is 5.32 Å². The van der Waals surface area contributed by atoms with E-state index < -0.39 is 29.3 Å². The lowest BCUT2D eigenvalue weighted by Gasteiger charge is -2.11. The summed E-state index contributed by atoms with van der Waals surface area (Å²) in [5.74, 6) is -1.01. The number of nitrogens with one attached hydrogen (secondary N) is 1. The van der Waals surface area contributed by atoms with E-state index in [1.54, 1.807) is 48.5 Å². The van der Waals surface area contributed by atoms with E-state index in [0.717, 1.165) is 10.7 Å². The Morgan fingerprint density at radius 3 is 2.19 bits per heavy atom. The van der Waals surface area contributed by atoms with E-state index in [0.29, 0.717) is 11.8 Å². The van der Waals surface area contributed by atoms with Gasteiger partial charge in [-0.25, -0.2) is 9.07 Å². The molecular formula is C23H15F4N3O2. The van der Waals surface area contributed by atoms with E-state index in [1.165, 1.54) is 24.3 Å². The van der Waals surface area contributed by atoms with Gasteiger partial charge in [0.1, 0.15) is 23.0 Å². The lowest BCUT2D eigenvalue weighted by atomic mass is 10.2. The van der Waals surface area contributed by atoms with Crippen molar-refractivity contribution < 1.29 is 27.1 Å². The molecule has 4 aromatic rings. The van der Waals surface area contributed by atoms with E-state index in [9.17, 15) is 22.4 Å². The minimum absolute atomic E-state index is 0.237. The van der Waals surface area contributed by atoms with E-state index in [2.05, 4.69) is 10.4 Å². The van der Waals surface area contributed by atoms with Crippen LogP contribution in [0.25, 0.3) is 5.69 Å². The predicted molar refractivity (Wildman–Crippen MR) is 109 cm³/mol. The normalized spacial score (nSPS) is 11.2. The summed E-state index contributed by atoms with van der Waals surface area (Å²) in [6.45, 7) is 0. The van der Waals surface area contributed by atoms with Gasteiger partial charge < -0.3 is 10.1 Å². The highest BCUT2D eigenvalue weighted by Crippen LogP contribution is 2.31. The third-order valence-electron chi connectivity index (χ3n) is 4.40. The number of aromatic nitrogens is 2. The Kier molecular flexibility index (Phi) is 5.63. The number of amides is 1. The average molecular weight is 441 g/mol. The number of hydrogen-bond donors (Lipinski definition) is 1. The summed E-state index contributed by atoms with van der Waals surface area (Å²) in [6, 6.07) is 20.9. The van der Waals surface area contributed by atoms with Gasteiger partial charge in [0.15, 0.2) is 5.69 Å². The summed E-state index contributed by atoms with van der Waals surface area (Å²) in [5.41, 5.74) is -1.65. The zero-order chi connectivity index (χ0) is 22.7. The van der Waals surface area contributed by atoms with Crippen molar-refractivity contribution in [1.82, 2.24) is 9.78 Å². The molecule has 0 saturated heterocycles. The number of hydrogen-bond acceptors (Lipinski definition) is 3. The highest BCUT2D eigenvalue weighted by molar-refractivity contribution is 6.03. The van der Waals surface area contributed by atoms with E-state index in [1.807, 2.05) is 0 Å². The first-order valence-corrected chi connectivity index (χ1v) is 9.38. The molecule has 9 heteroatoms. The molecule has 0 atom stereocenters. The summed E-state index contributed by atoms with van der Waals surface area (Å²) in [6.07, 6.45) is -4.76. The second kappa shape index (κ2) is 8.54. The molecule has 1 heterocycles. The molecular weight excluding hydrogens is 426 g/mol. The lowest BCUT2D eigenvalue weighted by Crippen LogP contribution is -2.17. The minimum Gasteiger partial charge on any atom is -0.457 e. The quantitative estimate of drug-likeness (QED) is 0.382. The van der Waals surface area contributed by atoms with Gasteiger partial charge in [-0.05, 0) is 36.4 Å². The Labute approximate surface area is 179 Å². The van der Waals surface area contributed by atoms with Crippen molar-refractivity contribution in [3.63, 3.8) is 0 Å². The number of nitrogens with zero attached hydrogens (tertiary/aromatic N) is 2. The van der Waals surface area contributed by atoms with Crippen LogP contribution in [0.15, 0.2) is 84.9 Å². The van der Waals surface area contributed by atoms with Gasteiger partial charge in [-0.1, -0.05) is 36.4 Å². The highest BCUT2D eigenvalue weighted by Gasteiger charge is 2.36. The van der Waals surface area contributed by atoms with Crippen LogP contribution in [0, 0.1) is 5.82 Å². The smallest absolute Gasteiger partial charge is 0.435 e. The average Bonchev–Trinajstić information content (AvgIpc) is 3.24. The predicted octanol–water partition coefficient (Wildman–Crippen LogP) is 6.07. The Balaban J connectivity index is 1.65. The second-order valence-corrected chi connectivity index (χ2v) is 6.67. The number of anilines is 1. The van der Waals surface area contributed by atoms with Crippen molar-refractivity contribution >= 4 is 11.6 Å². The van der Waals surface area contributed by atoms with E-state index in [4.69, 9.17) is 4.74 Å². The summed E-state index contributed by atoms with van der Waals surface area (Å²) >= 11 is 0. The fourth-order valence-corrected chi connectivity index (χ4v) is 2.92. The molecule has 32 heavy (non-hydrogen) atoms. The van der Waals surface area contributed by atoms with Gasteiger partial charge in [0.05, 0.1) is 11.4 Å². The number of ether oxygens (including phenoxy) is 1. The molecule has 0 spiro atoms. The Hall–Kier alpha value is -4.14. The number of rotatable bonds is 5. The van der Waals surface area contributed by atoms with Gasteiger partial charge in [-0.15, -0.1) is 0 Å². The molecule has 0 aliphatic carbocycles. The molecule has 0 unspecified atom stereocenters. The topological polar surface area (TPSA) is 56.1 Å². The summed E-state index contributed by atoms with van der Waals surface area (Å²) in [5, 5.41) is 5.83. The third kappa shape index (κ3) is 4.61. The first kappa shape index (κ1) is 21.1. The van der Waals surface area contributed by atoms with Gasteiger partial charge >= 0.3 is 6.18 Å². The van der Waals surface area contributed by atoms with Crippen LogP contribution in [0.4, 0.5) is 23.2 Å². The molecule has 1 aromatic heterocycles. The maximum Gasteiger partial charge on any atom is 0.435 e. The molecule has 5 nitrogen and oxygen atoms in total. The maximum atomic E-state index is 14.3. The van der Waals surface area contributed by atoms with Gasteiger partial charge in [0.2, 0.25) is 0 Å². The number of alkyl halides is 3. The SMILES string of the molecule is O=C(Nc1cc(Oc2ccccc2)ccc1F)c1cc(C(F)(F)F)nn1-c1ccccc1. The summed E-state index contributed by atoms with van der Waals surface area (Å²) in [7, 11) is 0. The van der Waals surface area contributed by atoms with Crippen LogP contribution in [-0.2, 0) is 6.18 Å². The Bertz CT molecular complexity index is 1240. The van der Waals surface area contributed by atoms with Gasteiger partial charge in [0.25, 0.3) is 5.91 Å².